The van der Waals surface area contributed by atoms with Crippen molar-refractivity contribution in [3.63, 3.8) is 0 Å². The van der Waals surface area contributed by atoms with Gasteiger partial charge in [0.1, 0.15) is 0 Å². The molecule has 1 aromatic rings. The highest BCUT2D eigenvalue weighted by Crippen LogP contribution is 2.17. The van der Waals surface area contributed by atoms with Gasteiger partial charge in [-0.1, -0.05) is 0 Å². The molecule has 0 spiro atoms. The van der Waals surface area contributed by atoms with Crippen molar-refractivity contribution in [3.8, 4) is 0 Å². The van der Waals surface area contributed by atoms with Gasteiger partial charge in [-0.2, -0.15) is 5.10 Å². The van der Waals surface area contributed by atoms with Gasteiger partial charge in [0, 0.05) is 14.7 Å². The standard InChI is InChI=1S/C13H18BrN3OS/c14-11-7-12(19-10-11)8-15-16-13(18)9-17-5-3-1-2-4-6-17/h7-8,10H,1-6,9H2,(H,16,18)/p+1/b15-8-. The van der Waals surface area contributed by atoms with Gasteiger partial charge in [0.15, 0.2) is 6.54 Å². The van der Waals surface area contributed by atoms with Gasteiger partial charge in [0.05, 0.1) is 19.3 Å². The van der Waals surface area contributed by atoms with Crippen molar-refractivity contribution < 1.29 is 9.69 Å². The van der Waals surface area contributed by atoms with Crippen LogP contribution in [-0.2, 0) is 4.79 Å². The molecule has 0 radical (unpaired) electrons. The number of hydrogen-bond acceptors (Lipinski definition) is 3. The van der Waals surface area contributed by atoms with Crippen LogP contribution < -0.4 is 10.3 Å². The molecule has 104 valence electrons. The predicted octanol–water partition coefficient (Wildman–Crippen LogP) is 1.42. The van der Waals surface area contributed by atoms with Gasteiger partial charge in [-0.25, -0.2) is 5.43 Å². The molecular formula is C13H19BrN3OS+. The Morgan fingerprint density at radius 3 is 2.79 bits per heavy atom. The first-order chi connectivity index (χ1) is 9.24. The Balaban J connectivity index is 1.73. The Labute approximate surface area is 126 Å². The third-order valence-corrected chi connectivity index (χ3v) is 4.82. The molecule has 4 nitrogen and oxygen atoms in total. The van der Waals surface area contributed by atoms with E-state index >= 15 is 0 Å². The lowest BCUT2D eigenvalue weighted by Gasteiger charge is -2.15. The van der Waals surface area contributed by atoms with Crippen LogP contribution in [0.25, 0.3) is 0 Å². The Bertz CT molecular complexity index is 439. The number of rotatable bonds is 4. The highest BCUT2D eigenvalue weighted by molar-refractivity contribution is 9.10. The molecule has 2 heterocycles. The van der Waals surface area contributed by atoms with E-state index in [4.69, 9.17) is 0 Å². The van der Waals surface area contributed by atoms with E-state index in [-0.39, 0.29) is 5.91 Å². The summed E-state index contributed by atoms with van der Waals surface area (Å²) in [6.07, 6.45) is 6.75. The van der Waals surface area contributed by atoms with Gasteiger partial charge in [-0.3, -0.25) is 4.79 Å². The van der Waals surface area contributed by atoms with E-state index in [9.17, 15) is 4.79 Å². The number of hydrazone groups is 1. The van der Waals surface area contributed by atoms with Crippen LogP contribution in [0, 0.1) is 0 Å². The van der Waals surface area contributed by atoms with E-state index < -0.39 is 0 Å². The monoisotopic (exact) mass is 344 g/mol. The maximum absolute atomic E-state index is 11.8. The van der Waals surface area contributed by atoms with Crippen LogP contribution in [0.5, 0.6) is 0 Å². The lowest BCUT2D eigenvalue weighted by molar-refractivity contribution is -0.891. The minimum atomic E-state index is 0.00349. The zero-order valence-electron chi connectivity index (χ0n) is 10.8. The molecule has 0 aromatic carbocycles. The molecule has 1 aliphatic heterocycles. The second-order valence-electron chi connectivity index (χ2n) is 4.80. The number of nitrogens with one attached hydrogen (secondary N) is 2. The molecule has 0 atom stereocenters. The van der Waals surface area contributed by atoms with E-state index in [1.807, 2.05) is 11.4 Å². The van der Waals surface area contributed by atoms with Crippen molar-refractivity contribution in [2.45, 2.75) is 25.7 Å². The van der Waals surface area contributed by atoms with Crippen LogP contribution in [0.3, 0.4) is 0 Å². The van der Waals surface area contributed by atoms with Crippen molar-refractivity contribution in [3.05, 3.63) is 20.8 Å². The Kier molecular flexibility index (Phi) is 6.00. The molecule has 1 aromatic heterocycles. The molecule has 0 saturated carbocycles. The summed E-state index contributed by atoms with van der Waals surface area (Å²) in [6.45, 7) is 2.75. The van der Waals surface area contributed by atoms with Crippen molar-refractivity contribution in [2.75, 3.05) is 19.6 Å². The summed E-state index contributed by atoms with van der Waals surface area (Å²) < 4.78 is 1.04. The van der Waals surface area contributed by atoms with Crippen LogP contribution in [0.1, 0.15) is 30.6 Å². The van der Waals surface area contributed by atoms with Gasteiger partial charge in [0.2, 0.25) is 0 Å². The predicted molar refractivity (Wildman–Crippen MR) is 81.8 cm³/mol. The number of likely N-dealkylation sites (tertiary alicyclic amines) is 1. The maximum Gasteiger partial charge on any atom is 0.295 e. The largest absolute Gasteiger partial charge is 0.327 e. The smallest absolute Gasteiger partial charge is 0.295 e. The fourth-order valence-electron chi connectivity index (χ4n) is 2.24. The minimum Gasteiger partial charge on any atom is -0.327 e. The first-order valence-corrected chi connectivity index (χ1v) is 8.31. The second kappa shape index (κ2) is 7.77. The summed E-state index contributed by atoms with van der Waals surface area (Å²) in [5, 5.41) is 5.99. The lowest BCUT2D eigenvalue weighted by Crippen LogP contribution is -3.13. The van der Waals surface area contributed by atoms with E-state index in [2.05, 4.69) is 26.5 Å². The molecular weight excluding hydrogens is 326 g/mol. The number of carbonyl (C=O) groups excluding carboxylic acids is 1. The first kappa shape index (κ1) is 14.7. The number of hydrogen-bond donors (Lipinski definition) is 2. The van der Waals surface area contributed by atoms with Crippen molar-refractivity contribution in [1.82, 2.24) is 5.43 Å². The highest BCUT2D eigenvalue weighted by Gasteiger charge is 2.15. The summed E-state index contributed by atoms with van der Waals surface area (Å²) in [7, 11) is 0. The van der Waals surface area contributed by atoms with Gasteiger partial charge < -0.3 is 4.90 Å². The third kappa shape index (κ3) is 5.42. The average molecular weight is 345 g/mol. The SMILES string of the molecule is O=C(C[NH+]1CCCCCC1)N/N=C\c1cc(Br)cs1. The fraction of sp³-hybridized carbons (Fsp3) is 0.538. The van der Waals surface area contributed by atoms with Gasteiger partial charge in [-0.05, 0) is 47.7 Å². The molecule has 19 heavy (non-hydrogen) atoms. The van der Waals surface area contributed by atoms with Crippen molar-refractivity contribution in [2.24, 2.45) is 5.10 Å². The number of nitrogens with zero attached hydrogens (tertiary/aromatic N) is 1. The average Bonchev–Trinajstić information content (AvgIpc) is 2.63. The summed E-state index contributed by atoms with van der Waals surface area (Å²) in [5.74, 6) is 0.00349. The van der Waals surface area contributed by atoms with Crippen LogP contribution in [0.15, 0.2) is 21.0 Å². The maximum atomic E-state index is 11.8. The quantitative estimate of drug-likeness (QED) is 0.629. The Hall–Kier alpha value is -0.720. The zero-order valence-corrected chi connectivity index (χ0v) is 13.2. The molecule has 2 rings (SSSR count). The molecule has 0 aliphatic carbocycles. The van der Waals surface area contributed by atoms with Gasteiger partial charge in [0.25, 0.3) is 5.91 Å². The molecule has 1 amide bonds. The van der Waals surface area contributed by atoms with Crippen LogP contribution in [0.4, 0.5) is 0 Å². The van der Waals surface area contributed by atoms with E-state index in [0.29, 0.717) is 6.54 Å². The van der Waals surface area contributed by atoms with E-state index in [1.54, 1.807) is 17.6 Å². The summed E-state index contributed by atoms with van der Waals surface area (Å²) >= 11 is 4.97. The van der Waals surface area contributed by atoms with Gasteiger partial charge in [-0.15, -0.1) is 11.3 Å². The summed E-state index contributed by atoms with van der Waals surface area (Å²) in [5.41, 5.74) is 2.61. The van der Waals surface area contributed by atoms with Crippen molar-refractivity contribution >= 4 is 39.4 Å². The van der Waals surface area contributed by atoms with E-state index in [1.165, 1.54) is 30.6 Å². The number of thiophene rings is 1. The van der Waals surface area contributed by atoms with Gasteiger partial charge >= 0.3 is 0 Å². The van der Waals surface area contributed by atoms with Crippen LogP contribution in [0.2, 0.25) is 0 Å². The molecule has 6 heteroatoms. The molecule has 0 bridgehead atoms. The van der Waals surface area contributed by atoms with Crippen LogP contribution >= 0.6 is 27.3 Å². The third-order valence-electron chi connectivity index (χ3n) is 3.19. The Morgan fingerprint density at radius 2 is 2.16 bits per heavy atom. The summed E-state index contributed by atoms with van der Waals surface area (Å²) in [4.78, 5) is 14.2. The molecule has 1 fully saturated rings. The normalized spacial score (nSPS) is 17.5. The van der Waals surface area contributed by atoms with Crippen LogP contribution in [-0.4, -0.2) is 31.8 Å². The number of carbonyl (C=O) groups is 1. The lowest BCUT2D eigenvalue weighted by atomic mass is 10.2. The zero-order chi connectivity index (χ0) is 13.5. The van der Waals surface area contributed by atoms with E-state index in [0.717, 1.165) is 22.4 Å². The Morgan fingerprint density at radius 1 is 1.42 bits per heavy atom. The summed E-state index contributed by atoms with van der Waals surface area (Å²) in [6, 6.07) is 1.97. The molecule has 0 unspecified atom stereocenters. The molecule has 1 aliphatic rings. The highest BCUT2D eigenvalue weighted by atomic mass is 79.9. The number of quaternary nitrogens is 1. The molecule has 2 N–H and O–H groups in total. The fourth-order valence-corrected chi connectivity index (χ4v) is 3.54. The molecule has 1 saturated heterocycles. The number of halogens is 1. The topological polar surface area (TPSA) is 45.9 Å². The van der Waals surface area contributed by atoms with Crippen molar-refractivity contribution in [1.29, 1.82) is 0 Å². The number of amides is 1. The second-order valence-corrected chi connectivity index (χ2v) is 6.66. The minimum absolute atomic E-state index is 0.00349. The first-order valence-electron chi connectivity index (χ1n) is 6.63.